The van der Waals surface area contributed by atoms with Crippen molar-refractivity contribution in [2.24, 2.45) is 14.1 Å². The topological polar surface area (TPSA) is 89.5 Å². The third-order valence-electron chi connectivity index (χ3n) is 4.64. The number of imidazole rings is 1. The van der Waals surface area contributed by atoms with E-state index in [4.69, 9.17) is 14.2 Å². The number of aryl methyl sites for hydroxylation is 2. The predicted octanol–water partition coefficient (Wildman–Crippen LogP) is 0.854. The van der Waals surface area contributed by atoms with Crippen LogP contribution in [0, 0.1) is 6.92 Å². The summed E-state index contributed by atoms with van der Waals surface area (Å²) in [5.41, 5.74) is 1.10. The van der Waals surface area contributed by atoms with E-state index in [1.165, 1.54) is 11.6 Å². The average molecular weight is 402 g/mol. The maximum atomic E-state index is 12.4. The molecule has 0 bridgehead atoms. The van der Waals surface area contributed by atoms with E-state index in [0.717, 1.165) is 15.9 Å². The van der Waals surface area contributed by atoms with Gasteiger partial charge in [0.05, 0.1) is 32.8 Å². The number of ether oxygens (including phenoxy) is 3. The molecule has 0 saturated heterocycles. The molecule has 0 fully saturated rings. The highest BCUT2D eigenvalue weighted by Gasteiger charge is 2.13. The van der Waals surface area contributed by atoms with Crippen LogP contribution in [0.15, 0.2) is 40.2 Å². The van der Waals surface area contributed by atoms with Gasteiger partial charge in [-0.15, -0.1) is 0 Å². The molecule has 0 spiro atoms. The number of para-hydroxylation sites is 1. The fourth-order valence-electron chi connectivity index (χ4n) is 2.98. The van der Waals surface area contributed by atoms with E-state index < -0.39 is 5.69 Å². The van der Waals surface area contributed by atoms with Crippen LogP contribution >= 0.6 is 0 Å². The van der Waals surface area contributed by atoms with E-state index in [1.807, 2.05) is 31.2 Å². The molecule has 0 aliphatic heterocycles. The van der Waals surface area contributed by atoms with Crippen LogP contribution < -0.4 is 16.0 Å². The zero-order chi connectivity index (χ0) is 20.8. The largest absolute Gasteiger partial charge is 0.491 e. The summed E-state index contributed by atoms with van der Waals surface area (Å²) in [5, 5.41) is 0. The Kier molecular flexibility index (Phi) is 6.84. The molecule has 9 heteroatoms. The lowest BCUT2D eigenvalue weighted by molar-refractivity contribution is 0.0342. The van der Waals surface area contributed by atoms with Crippen molar-refractivity contribution >= 4 is 11.2 Å². The first-order valence-electron chi connectivity index (χ1n) is 9.45. The molecule has 2 heterocycles. The summed E-state index contributed by atoms with van der Waals surface area (Å²) in [5.74, 6) is 0.864. The fourth-order valence-corrected chi connectivity index (χ4v) is 2.98. The Morgan fingerprint density at radius 1 is 0.931 bits per heavy atom. The quantitative estimate of drug-likeness (QED) is 0.467. The first kappa shape index (κ1) is 20.8. The summed E-state index contributed by atoms with van der Waals surface area (Å²) in [4.78, 5) is 28.5. The SMILES string of the molecule is Cc1ccccc1OCCOCCOCCn1cnc2c1c(=O)n(C)c(=O)n2C. The van der Waals surface area contributed by atoms with Crippen molar-refractivity contribution < 1.29 is 14.2 Å². The van der Waals surface area contributed by atoms with Crippen LogP contribution in [-0.4, -0.2) is 51.7 Å². The van der Waals surface area contributed by atoms with Gasteiger partial charge in [-0.1, -0.05) is 18.2 Å². The summed E-state index contributed by atoms with van der Waals surface area (Å²) in [6.45, 7) is 4.72. The molecule has 0 amide bonds. The smallest absolute Gasteiger partial charge is 0.332 e. The van der Waals surface area contributed by atoms with Gasteiger partial charge in [0.1, 0.15) is 12.4 Å². The molecule has 156 valence electrons. The third-order valence-corrected chi connectivity index (χ3v) is 4.64. The Morgan fingerprint density at radius 2 is 1.62 bits per heavy atom. The lowest BCUT2D eigenvalue weighted by Crippen LogP contribution is -2.37. The van der Waals surface area contributed by atoms with Crippen LogP contribution in [0.4, 0.5) is 0 Å². The van der Waals surface area contributed by atoms with E-state index in [9.17, 15) is 9.59 Å². The van der Waals surface area contributed by atoms with Crippen LogP contribution in [0.1, 0.15) is 5.56 Å². The summed E-state index contributed by atoms with van der Waals surface area (Å²) in [7, 11) is 3.05. The lowest BCUT2D eigenvalue weighted by Gasteiger charge is -2.10. The van der Waals surface area contributed by atoms with Gasteiger partial charge in [0.15, 0.2) is 11.2 Å². The van der Waals surface area contributed by atoms with Gasteiger partial charge in [-0.3, -0.25) is 13.9 Å². The number of hydrogen-bond donors (Lipinski definition) is 0. The van der Waals surface area contributed by atoms with Crippen molar-refractivity contribution in [2.75, 3.05) is 33.0 Å². The van der Waals surface area contributed by atoms with Gasteiger partial charge in [0, 0.05) is 20.6 Å². The van der Waals surface area contributed by atoms with Crippen molar-refractivity contribution in [3.05, 3.63) is 57.0 Å². The minimum absolute atomic E-state index is 0.363. The third kappa shape index (κ3) is 4.75. The first-order valence-corrected chi connectivity index (χ1v) is 9.45. The van der Waals surface area contributed by atoms with Crippen molar-refractivity contribution in [2.45, 2.75) is 13.5 Å². The zero-order valence-electron chi connectivity index (χ0n) is 17.0. The van der Waals surface area contributed by atoms with Crippen LogP contribution in [-0.2, 0) is 30.1 Å². The molecule has 3 aromatic rings. The highest BCUT2D eigenvalue weighted by atomic mass is 16.5. The van der Waals surface area contributed by atoms with Gasteiger partial charge in [-0.25, -0.2) is 9.78 Å². The molecule has 0 aliphatic rings. The molecule has 3 rings (SSSR count). The average Bonchev–Trinajstić information content (AvgIpc) is 3.14. The van der Waals surface area contributed by atoms with E-state index in [2.05, 4.69) is 4.98 Å². The standard InChI is InChI=1S/C20H26N4O5/c1-15-6-4-5-7-16(15)29-13-12-28-11-10-27-9-8-24-14-21-18-17(24)19(25)23(3)20(26)22(18)2/h4-7,14H,8-13H2,1-3H3. The van der Waals surface area contributed by atoms with E-state index >= 15 is 0 Å². The lowest BCUT2D eigenvalue weighted by atomic mass is 10.2. The molecular weight excluding hydrogens is 376 g/mol. The second kappa shape index (κ2) is 9.53. The molecule has 1 aromatic carbocycles. The molecule has 9 nitrogen and oxygen atoms in total. The molecular formula is C20H26N4O5. The Bertz CT molecular complexity index is 1080. The number of rotatable bonds is 10. The maximum absolute atomic E-state index is 12.4. The molecule has 2 aromatic heterocycles. The summed E-state index contributed by atoms with van der Waals surface area (Å²) < 4.78 is 20.9. The molecule has 0 radical (unpaired) electrons. The zero-order valence-corrected chi connectivity index (χ0v) is 17.0. The van der Waals surface area contributed by atoms with E-state index in [-0.39, 0.29) is 5.56 Å². The number of hydrogen-bond acceptors (Lipinski definition) is 6. The number of nitrogens with zero attached hydrogens (tertiary/aromatic N) is 4. The highest BCUT2D eigenvalue weighted by Crippen LogP contribution is 2.15. The van der Waals surface area contributed by atoms with Gasteiger partial charge < -0.3 is 18.8 Å². The summed E-state index contributed by atoms with van der Waals surface area (Å²) in [6, 6.07) is 7.85. The monoisotopic (exact) mass is 402 g/mol. The fraction of sp³-hybridized carbons (Fsp3) is 0.450. The van der Waals surface area contributed by atoms with Gasteiger partial charge in [-0.05, 0) is 18.6 Å². The maximum Gasteiger partial charge on any atom is 0.332 e. The predicted molar refractivity (Wildman–Crippen MR) is 109 cm³/mol. The van der Waals surface area contributed by atoms with E-state index in [1.54, 1.807) is 17.9 Å². The van der Waals surface area contributed by atoms with Crippen LogP contribution in [0.3, 0.4) is 0 Å². The minimum Gasteiger partial charge on any atom is -0.491 e. The molecule has 0 aliphatic carbocycles. The van der Waals surface area contributed by atoms with Crippen LogP contribution in [0.25, 0.3) is 11.2 Å². The Hall–Kier alpha value is -2.91. The second-order valence-electron chi connectivity index (χ2n) is 6.65. The highest BCUT2D eigenvalue weighted by molar-refractivity contribution is 5.69. The Balaban J connectivity index is 1.38. The Morgan fingerprint density at radius 3 is 2.38 bits per heavy atom. The summed E-state index contributed by atoms with van der Waals surface area (Å²) in [6.07, 6.45) is 1.55. The first-order chi connectivity index (χ1) is 14.0. The van der Waals surface area contributed by atoms with Gasteiger partial charge >= 0.3 is 5.69 Å². The van der Waals surface area contributed by atoms with Crippen molar-refractivity contribution in [1.82, 2.24) is 18.7 Å². The van der Waals surface area contributed by atoms with E-state index in [0.29, 0.717) is 50.7 Å². The molecule has 0 unspecified atom stereocenters. The number of aromatic nitrogens is 4. The minimum atomic E-state index is -0.396. The molecule has 0 saturated carbocycles. The normalized spacial score (nSPS) is 11.3. The number of fused-ring (bicyclic) bond motifs is 1. The summed E-state index contributed by atoms with van der Waals surface area (Å²) >= 11 is 0. The number of benzene rings is 1. The van der Waals surface area contributed by atoms with Crippen LogP contribution in [0.2, 0.25) is 0 Å². The molecule has 0 atom stereocenters. The van der Waals surface area contributed by atoms with Crippen molar-refractivity contribution in [3.8, 4) is 5.75 Å². The van der Waals surface area contributed by atoms with Gasteiger partial charge in [-0.2, -0.15) is 0 Å². The van der Waals surface area contributed by atoms with Crippen molar-refractivity contribution in [1.29, 1.82) is 0 Å². The van der Waals surface area contributed by atoms with Crippen LogP contribution in [0.5, 0.6) is 5.75 Å². The second-order valence-corrected chi connectivity index (χ2v) is 6.65. The van der Waals surface area contributed by atoms with Gasteiger partial charge in [0.2, 0.25) is 0 Å². The molecule has 0 N–H and O–H groups in total. The van der Waals surface area contributed by atoms with Crippen molar-refractivity contribution in [3.63, 3.8) is 0 Å². The van der Waals surface area contributed by atoms with Gasteiger partial charge in [0.25, 0.3) is 5.56 Å². The Labute approximate surface area is 168 Å². The molecule has 29 heavy (non-hydrogen) atoms.